The number of nitrogens with one attached hydrogen (secondary N) is 1. The number of alkyl halides is 3. The molecule has 1 aromatic carbocycles. The van der Waals surface area contributed by atoms with Gasteiger partial charge in [-0.3, -0.25) is 9.69 Å². The van der Waals surface area contributed by atoms with Gasteiger partial charge in [0.2, 0.25) is 0 Å². The third-order valence-electron chi connectivity index (χ3n) is 5.50. The monoisotopic (exact) mass is 422 g/mol. The number of piperidine rings is 1. The first-order chi connectivity index (χ1) is 14.2. The summed E-state index contributed by atoms with van der Waals surface area (Å²) in [6, 6.07) is 4.44. The number of benzene rings is 1. The van der Waals surface area contributed by atoms with Gasteiger partial charge >= 0.3 is 12.1 Å². The van der Waals surface area contributed by atoms with Gasteiger partial charge in [0, 0.05) is 24.7 Å². The first-order valence-corrected chi connectivity index (χ1v) is 9.64. The lowest BCUT2D eigenvalue weighted by molar-refractivity contribution is -0.159. The summed E-state index contributed by atoms with van der Waals surface area (Å²) in [5.41, 5.74) is 0.240. The van der Waals surface area contributed by atoms with Crippen LogP contribution in [0.2, 0.25) is 0 Å². The van der Waals surface area contributed by atoms with Gasteiger partial charge in [0.1, 0.15) is 24.2 Å². The molecule has 2 fully saturated rings. The molecule has 1 aromatic heterocycles. The molecule has 160 valence electrons. The van der Waals surface area contributed by atoms with E-state index in [1.807, 2.05) is 0 Å². The Morgan fingerprint density at radius 1 is 1.23 bits per heavy atom. The number of hydrogen-bond donors (Lipinski definition) is 2. The minimum absolute atomic E-state index is 0.0890. The summed E-state index contributed by atoms with van der Waals surface area (Å²) in [5, 5.41) is 21.6. The predicted molar refractivity (Wildman–Crippen MR) is 102 cm³/mol. The Morgan fingerprint density at radius 2 is 2.03 bits per heavy atom. The van der Waals surface area contributed by atoms with E-state index in [1.54, 1.807) is 13.0 Å². The highest BCUT2D eigenvalue weighted by Crippen LogP contribution is 2.37. The van der Waals surface area contributed by atoms with E-state index in [0.717, 1.165) is 12.5 Å². The van der Waals surface area contributed by atoms with Crippen molar-refractivity contribution in [2.45, 2.75) is 38.0 Å². The molecule has 10 heteroatoms. The third-order valence-corrected chi connectivity index (χ3v) is 5.50. The molecule has 0 spiro atoms. The Hall–Kier alpha value is -2.88. The molecule has 0 unspecified atom stereocenters. The molecule has 2 aliphatic heterocycles. The van der Waals surface area contributed by atoms with Gasteiger partial charge in [0.05, 0.1) is 11.3 Å². The number of ether oxygens (including phenoxy) is 1. The smallest absolute Gasteiger partial charge is 0.416 e. The topological polar surface area (TPSA) is 87.6 Å². The van der Waals surface area contributed by atoms with Crippen molar-refractivity contribution in [2.24, 2.45) is 0 Å². The molecular formula is C20H21F3N4O3. The van der Waals surface area contributed by atoms with E-state index in [1.165, 1.54) is 6.07 Å². The van der Waals surface area contributed by atoms with E-state index in [4.69, 9.17) is 4.74 Å². The fourth-order valence-electron chi connectivity index (χ4n) is 3.97. The number of esters is 1. The van der Waals surface area contributed by atoms with Crippen LogP contribution in [-0.4, -0.2) is 58.0 Å². The van der Waals surface area contributed by atoms with Crippen molar-refractivity contribution in [3.63, 3.8) is 0 Å². The standard InChI is InChI=1S/C20H21F3N4O3/c1-11-8-17(24-13-3-5-15-19(29)30-7-6-27(15)10-13)25-26-18(11)14-4-2-12(9-16(14)28)20(21,22)23/h2,4,8-9,13,15,28H,3,5-7,10H2,1H3,(H,24,25)/t13-,15+/m1/s1. The van der Waals surface area contributed by atoms with E-state index in [9.17, 15) is 23.1 Å². The van der Waals surface area contributed by atoms with Gasteiger partial charge in [-0.15, -0.1) is 10.2 Å². The number of phenols is 1. The molecule has 2 aromatic rings. The number of halogens is 3. The molecule has 2 saturated heterocycles. The number of aryl methyl sites for hydroxylation is 1. The molecule has 30 heavy (non-hydrogen) atoms. The Balaban J connectivity index is 1.48. The summed E-state index contributed by atoms with van der Waals surface area (Å²) in [6.07, 6.45) is -3.06. The molecule has 0 aliphatic carbocycles. The van der Waals surface area contributed by atoms with Crippen molar-refractivity contribution < 1.29 is 27.8 Å². The van der Waals surface area contributed by atoms with Crippen LogP contribution in [0.3, 0.4) is 0 Å². The molecule has 3 heterocycles. The van der Waals surface area contributed by atoms with Gasteiger partial charge in [-0.25, -0.2) is 0 Å². The van der Waals surface area contributed by atoms with Gasteiger partial charge in [-0.1, -0.05) is 0 Å². The highest BCUT2D eigenvalue weighted by molar-refractivity contribution is 5.76. The quantitative estimate of drug-likeness (QED) is 0.736. The van der Waals surface area contributed by atoms with Gasteiger partial charge in [0.25, 0.3) is 0 Å². The Morgan fingerprint density at radius 3 is 2.73 bits per heavy atom. The molecule has 0 amide bonds. The van der Waals surface area contributed by atoms with Crippen LogP contribution in [0.1, 0.15) is 24.0 Å². The molecule has 7 nitrogen and oxygen atoms in total. The van der Waals surface area contributed by atoms with Crippen LogP contribution in [0.25, 0.3) is 11.3 Å². The number of aromatic hydroxyl groups is 1. The summed E-state index contributed by atoms with van der Waals surface area (Å²) in [6.45, 7) is 3.53. The molecule has 0 saturated carbocycles. The van der Waals surface area contributed by atoms with E-state index < -0.39 is 17.5 Å². The average Bonchev–Trinajstić information content (AvgIpc) is 2.68. The molecule has 0 bridgehead atoms. The number of rotatable bonds is 3. The van der Waals surface area contributed by atoms with E-state index >= 15 is 0 Å². The van der Waals surface area contributed by atoms with Gasteiger partial charge in [-0.2, -0.15) is 13.2 Å². The Labute approximate surface area is 170 Å². The lowest BCUT2D eigenvalue weighted by atomic mass is 9.97. The predicted octanol–water partition coefficient (Wildman–Crippen LogP) is 2.98. The first-order valence-electron chi connectivity index (χ1n) is 9.64. The lowest BCUT2D eigenvalue weighted by Gasteiger charge is -2.41. The van der Waals surface area contributed by atoms with Crippen molar-refractivity contribution in [1.29, 1.82) is 0 Å². The van der Waals surface area contributed by atoms with Crippen molar-refractivity contribution in [2.75, 3.05) is 25.0 Å². The van der Waals surface area contributed by atoms with Crippen LogP contribution in [0.4, 0.5) is 19.0 Å². The van der Waals surface area contributed by atoms with Crippen LogP contribution in [0.15, 0.2) is 24.3 Å². The largest absolute Gasteiger partial charge is 0.507 e. The molecule has 2 atom stereocenters. The summed E-state index contributed by atoms with van der Waals surface area (Å²) in [7, 11) is 0. The third kappa shape index (κ3) is 4.04. The van der Waals surface area contributed by atoms with E-state index in [-0.39, 0.29) is 23.6 Å². The van der Waals surface area contributed by atoms with Gasteiger partial charge in [-0.05, 0) is 49.6 Å². The number of phenolic OH excluding ortho intramolecular Hbond substituents is 1. The number of fused-ring (bicyclic) bond motifs is 1. The Bertz CT molecular complexity index is 967. The van der Waals surface area contributed by atoms with E-state index in [0.29, 0.717) is 49.3 Å². The van der Waals surface area contributed by atoms with Crippen LogP contribution in [0, 0.1) is 6.92 Å². The second kappa shape index (κ2) is 7.75. The number of cyclic esters (lactones) is 1. The molecule has 2 aliphatic rings. The SMILES string of the molecule is Cc1cc(N[C@@H]2CC[C@H]3C(=O)OCCN3C2)nnc1-c1ccc(C(F)(F)F)cc1O. The zero-order valence-corrected chi connectivity index (χ0v) is 16.2. The highest BCUT2D eigenvalue weighted by atomic mass is 19.4. The van der Waals surface area contributed by atoms with Crippen LogP contribution < -0.4 is 5.32 Å². The van der Waals surface area contributed by atoms with Crippen molar-refractivity contribution >= 4 is 11.8 Å². The summed E-state index contributed by atoms with van der Waals surface area (Å²) in [4.78, 5) is 13.9. The summed E-state index contributed by atoms with van der Waals surface area (Å²) in [5.74, 6) is -0.139. The number of hydrogen-bond acceptors (Lipinski definition) is 7. The fraction of sp³-hybridized carbons (Fsp3) is 0.450. The molecule has 0 radical (unpaired) electrons. The summed E-state index contributed by atoms with van der Waals surface area (Å²) < 4.78 is 43.5. The maximum Gasteiger partial charge on any atom is 0.416 e. The Kier molecular flexibility index (Phi) is 5.27. The summed E-state index contributed by atoms with van der Waals surface area (Å²) >= 11 is 0. The number of anilines is 1. The van der Waals surface area contributed by atoms with Crippen molar-refractivity contribution in [3.05, 3.63) is 35.4 Å². The van der Waals surface area contributed by atoms with Gasteiger partial charge in [0.15, 0.2) is 0 Å². The maximum absolute atomic E-state index is 12.8. The maximum atomic E-state index is 12.8. The second-order valence-corrected chi connectivity index (χ2v) is 7.59. The van der Waals surface area contributed by atoms with Crippen LogP contribution >= 0.6 is 0 Å². The van der Waals surface area contributed by atoms with Crippen molar-refractivity contribution in [1.82, 2.24) is 15.1 Å². The first kappa shape index (κ1) is 20.4. The van der Waals surface area contributed by atoms with Crippen molar-refractivity contribution in [3.8, 4) is 17.0 Å². The minimum Gasteiger partial charge on any atom is -0.507 e. The van der Waals surface area contributed by atoms with Crippen LogP contribution in [-0.2, 0) is 15.7 Å². The number of nitrogens with zero attached hydrogens (tertiary/aromatic N) is 3. The fourth-order valence-corrected chi connectivity index (χ4v) is 3.97. The van der Waals surface area contributed by atoms with E-state index in [2.05, 4.69) is 20.4 Å². The normalized spacial score (nSPS) is 22.3. The molecular weight excluding hydrogens is 401 g/mol. The zero-order valence-electron chi connectivity index (χ0n) is 16.2. The lowest BCUT2D eigenvalue weighted by Crippen LogP contribution is -2.55. The highest BCUT2D eigenvalue weighted by Gasteiger charge is 2.37. The van der Waals surface area contributed by atoms with Crippen LogP contribution in [0.5, 0.6) is 5.75 Å². The number of carbonyl (C=O) groups excluding carboxylic acids is 1. The average molecular weight is 422 g/mol. The zero-order chi connectivity index (χ0) is 21.5. The number of aromatic nitrogens is 2. The minimum atomic E-state index is -4.53. The van der Waals surface area contributed by atoms with Gasteiger partial charge < -0.3 is 15.2 Å². The molecule has 4 rings (SSSR count). The second-order valence-electron chi connectivity index (χ2n) is 7.59. The molecule has 2 N–H and O–H groups in total. The number of morpholine rings is 1. The number of carbonyl (C=O) groups is 1.